The van der Waals surface area contributed by atoms with Gasteiger partial charge in [-0.3, -0.25) is 19.3 Å². The van der Waals surface area contributed by atoms with Crippen LogP contribution in [-0.4, -0.2) is 61.0 Å². The zero-order valence-electron chi connectivity index (χ0n) is 13.6. The van der Waals surface area contributed by atoms with E-state index >= 15 is 0 Å². The molecule has 142 valence electrons. The SMILES string of the molecule is Nc1nc(C(=CCC(=O)O)C(=O)N[C@@H]2C(=O)N3C(C(=O)O)=CCS[C@@H]23)cs1. The molecule has 0 saturated carbocycles. The van der Waals surface area contributed by atoms with Crippen molar-refractivity contribution in [3.63, 3.8) is 0 Å². The van der Waals surface area contributed by atoms with Crippen LogP contribution in [0.1, 0.15) is 12.1 Å². The van der Waals surface area contributed by atoms with Gasteiger partial charge in [0.1, 0.15) is 17.1 Å². The van der Waals surface area contributed by atoms with Crippen molar-refractivity contribution in [2.75, 3.05) is 11.5 Å². The third kappa shape index (κ3) is 3.66. The van der Waals surface area contributed by atoms with Crippen LogP contribution < -0.4 is 11.1 Å². The molecular weight excluding hydrogens is 396 g/mol. The Hall–Kier alpha value is -2.86. The fourth-order valence-corrected chi connectivity index (χ4v) is 4.43. The zero-order valence-corrected chi connectivity index (χ0v) is 15.2. The largest absolute Gasteiger partial charge is 0.481 e. The lowest BCUT2D eigenvalue weighted by Gasteiger charge is -2.48. The van der Waals surface area contributed by atoms with E-state index in [2.05, 4.69) is 10.3 Å². The molecule has 2 atom stereocenters. The molecule has 12 heteroatoms. The molecule has 0 aliphatic carbocycles. The van der Waals surface area contributed by atoms with Crippen molar-refractivity contribution in [2.45, 2.75) is 17.8 Å². The summed E-state index contributed by atoms with van der Waals surface area (Å²) in [5.74, 6) is -3.16. The summed E-state index contributed by atoms with van der Waals surface area (Å²) in [7, 11) is 0. The first-order chi connectivity index (χ1) is 12.8. The van der Waals surface area contributed by atoms with Crippen LogP contribution in [0.15, 0.2) is 23.2 Å². The first-order valence-corrected chi connectivity index (χ1v) is 9.54. The Bertz CT molecular complexity index is 893. The van der Waals surface area contributed by atoms with Gasteiger partial charge in [0.2, 0.25) is 0 Å². The molecule has 27 heavy (non-hydrogen) atoms. The molecular formula is C15H14N4O6S2. The highest BCUT2D eigenvalue weighted by Crippen LogP contribution is 2.37. The Labute approximate surface area is 160 Å². The van der Waals surface area contributed by atoms with Crippen molar-refractivity contribution in [1.82, 2.24) is 15.2 Å². The van der Waals surface area contributed by atoms with Gasteiger partial charge in [-0.25, -0.2) is 9.78 Å². The maximum absolute atomic E-state index is 12.6. The number of carbonyl (C=O) groups is 4. The molecule has 1 aromatic heterocycles. The molecule has 1 aromatic rings. The number of amides is 2. The molecule has 1 fully saturated rings. The number of nitrogens with one attached hydrogen (secondary N) is 1. The summed E-state index contributed by atoms with van der Waals surface area (Å²) in [6.07, 6.45) is 2.23. The molecule has 2 aliphatic heterocycles. The average Bonchev–Trinajstić information content (AvgIpc) is 3.04. The average molecular weight is 410 g/mol. The summed E-state index contributed by atoms with van der Waals surface area (Å²) in [5, 5.41) is 21.8. The van der Waals surface area contributed by atoms with Crippen LogP contribution in [0.5, 0.6) is 0 Å². The molecule has 1 saturated heterocycles. The number of fused-ring (bicyclic) bond motifs is 1. The summed E-state index contributed by atoms with van der Waals surface area (Å²) in [6.45, 7) is 0. The van der Waals surface area contributed by atoms with E-state index in [0.717, 1.165) is 16.2 Å². The van der Waals surface area contributed by atoms with Crippen molar-refractivity contribution >= 4 is 57.6 Å². The normalized spacial score (nSPS) is 21.8. The number of anilines is 1. The van der Waals surface area contributed by atoms with Gasteiger partial charge in [-0.05, 0) is 6.08 Å². The number of carboxylic acids is 2. The Kier molecular flexibility index (Phi) is 5.19. The fraction of sp³-hybridized carbons (Fsp3) is 0.267. The van der Waals surface area contributed by atoms with Crippen molar-refractivity contribution in [3.05, 3.63) is 28.9 Å². The highest BCUT2D eigenvalue weighted by atomic mass is 32.2. The molecule has 0 unspecified atom stereocenters. The van der Waals surface area contributed by atoms with Crippen LogP contribution in [0.4, 0.5) is 5.13 Å². The number of rotatable bonds is 6. The molecule has 0 bridgehead atoms. The first-order valence-electron chi connectivity index (χ1n) is 7.62. The predicted octanol–water partition coefficient (Wildman–Crippen LogP) is -0.0482. The van der Waals surface area contributed by atoms with Gasteiger partial charge >= 0.3 is 11.9 Å². The molecule has 5 N–H and O–H groups in total. The summed E-state index contributed by atoms with van der Waals surface area (Å²) >= 11 is 2.41. The van der Waals surface area contributed by atoms with Crippen LogP contribution in [-0.2, 0) is 19.2 Å². The molecule has 10 nitrogen and oxygen atoms in total. The Morgan fingerprint density at radius 2 is 2.15 bits per heavy atom. The number of thiazole rings is 1. The number of aromatic nitrogens is 1. The molecule has 2 amide bonds. The molecule has 0 aromatic carbocycles. The molecule has 0 radical (unpaired) electrons. The Morgan fingerprint density at radius 1 is 1.41 bits per heavy atom. The smallest absolute Gasteiger partial charge is 0.352 e. The Morgan fingerprint density at radius 3 is 2.74 bits per heavy atom. The van der Waals surface area contributed by atoms with E-state index in [-0.39, 0.29) is 22.1 Å². The van der Waals surface area contributed by atoms with E-state index in [1.54, 1.807) is 0 Å². The predicted molar refractivity (Wildman–Crippen MR) is 97.5 cm³/mol. The van der Waals surface area contributed by atoms with Gasteiger partial charge in [-0.2, -0.15) is 0 Å². The van der Waals surface area contributed by atoms with Gasteiger partial charge < -0.3 is 21.3 Å². The standard InChI is InChI=1S/C15H14N4O6S2/c16-15-17-7(5-27-15)6(1-2-9(20)21)11(22)18-10-12(23)19-8(14(24)25)3-4-26-13(10)19/h1,3,5,10,13H,2,4H2,(H2,16,17)(H,18,22)(H,20,21)(H,24,25)/t10-,13+/m1/s1. The number of nitrogen functional groups attached to an aromatic ring is 1. The third-order valence-electron chi connectivity index (χ3n) is 3.88. The Balaban J connectivity index is 1.78. The maximum Gasteiger partial charge on any atom is 0.352 e. The number of carboxylic acid groups (broad SMARTS) is 2. The van der Waals surface area contributed by atoms with Gasteiger partial charge in [0.15, 0.2) is 5.13 Å². The van der Waals surface area contributed by atoms with Gasteiger partial charge in [0, 0.05) is 11.1 Å². The van der Waals surface area contributed by atoms with E-state index in [1.807, 2.05) is 0 Å². The summed E-state index contributed by atoms with van der Waals surface area (Å²) in [4.78, 5) is 52.1. The van der Waals surface area contributed by atoms with E-state index in [4.69, 9.17) is 15.9 Å². The lowest BCUT2D eigenvalue weighted by molar-refractivity contribution is -0.150. The number of nitrogens with two attached hydrogens (primary N) is 1. The number of thioether (sulfide) groups is 1. The highest BCUT2D eigenvalue weighted by molar-refractivity contribution is 8.00. The molecule has 3 heterocycles. The number of nitrogens with zero attached hydrogens (tertiary/aromatic N) is 2. The van der Waals surface area contributed by atoms with Crippen LogP contribution in [0.25, 0.3) is 5.57 Å². The minimum absolute atomic E-state index is 0.00795. The van der Waals surface area contributed by atoms with Crippen LogP contribution in [0, 0.1) is 0 Å². The molecule has 0 spiro atoms. The second-order valence-corrected chi connectivity index (χ2v) is 7.60. The first kappa shape index (κ1) is 18.9. The second-order valence-electron chi connectivity index (χ2n) is 5.56. The van der Waals surface area contributed by atoms with Crippen LogP contribution >= 0.6 is 23.1 Å². The molecule has 2 aliphatic rings. The van der Waals surface area contributed by atoms with Gasteiger partial charge in [0.05, 0.1) is 17.7 Å². The van der Waals surface area contributed by atoms with Crippen molar-refractivity contribution < 1.29 is 29.4 Å². The van der Waals surface area contributed by atoms with Crippen molar-refractivity contribution in [3.8, 4) is 0 Å². The summed E-state index contributed by atoms with van der Waals surface area (Å²) in [5.41, 5.74) is 5.66. The van der Waals surface area contributed by atoms with E-state index in [1.165, 1.54) is 29.3 Å². The fourth-order valence-electron chi connectivity index (χ4n) is 2.67. The van der Waals surface area contributed by atoms with Crippen molar-refractivity contribution in [2.24, 2.45) is 0 Å². The van der Waals surface area contributed by atoms with E-state index in [0.29, 0.717) is 5.75 Å². The van der Waals surface area contributed by atoms with Gasteiger partial charge in [0.25, 0.3) is 11.8 Å². The third-order valence-corrected chi connectivity index (χ3v) is 5.73. The minimum Gasteiger partial charge on any atom is -0.481 e. The van der Waals surface area contributed by atoms with Gasteiger partial charge in [-0.1, -0.05) is 6.08 Å². The van der Waals surface area contributed by atoms with Gasteiger partial charge in [-0.15, -0.1) is 23.1 Å². The monoisotopic (exact) mass is 410 g/mol. The number of hydrogen-bond donors (Lipinski definition) is 4. The lowest BCUT2D eigenvalue weighted by Crippen LogP contribution is -2.70. The molecule has 3 rings (SSSR count). The second kappa shape index (κ2) is 7.40. The van der Waals surface area contributed by atoms with E-state index in [9.17, 15) is 19.2 Å². The maximum atomic E-state index is 12.6. The van der Waals surface area contributed by atoms with Crippen LogP contribution in [0.2, 0.25) is 0 Å². The lowest BCUT2D eigenvalue weighted by atomic mass is 10.0. The topological polar surface area (TPSA) is 163 Å². The van der Waals surface area contributed by atoms with E-state index < -0.39 is 41.6 Å². The summed E-state index contributed by atoms with van der Waals surface area (Å²) in [6, 6.07) is -0.908. The number of carbonyl (C=O) groups excluding carboxylic acids is 2. The number of aliphatic carboxylic acids is 2. The van der Waals surface area contributed by atoms with Crippen molar-refractivity contribution in [1.29, 1.82) is 0 Å². The highest BCUT2D eigenvalue weighted by Gasteiger charge is 2.52. The minimum atomic E-state index is -1.21. The van der Waals surface area contributed by atoms with Crippen LogP contribution in [0.3, 0.4) is 0 Å². The zero-order chi connectivity index (χ0) is 19.7. The summed E-state index contributed by atoms with van der Waals surface area (Å²) < 4.78 is 0. The number of β-lactam (4-membered cyclic amide) rings is 1. The quantitative estimate of drug-likeness (QED) is 0.372. The number of hydrogen-bond acceptors (Lipinski definition) is 8.